The van der Waals surface area contributed by atoms with Gasteiger partial charge in [0.1, 0.15) is 0 Å². The number of carbonyl (C=O) groups is 1. The van der Waals surface area contributed by atoms with Crippen LogP contribution in [0.15, 0.2) is 18.2 Å². The molecule has 0 aliphatic heterocycles. The number of benzene rings is 1. The average molecular weight is 249 g/mol. The molecule has 0 aromatic heterocycles. The molecule has 1 aromatic carbocycles. The van der Waals surface area contributed by atoms with Gasteiger partial charge in [0, 0.05) is 24.8 Å². The number of nitrogens with two attached hydrogens (primary N) is 1. The number of hydrogen-bond acceptors (Lipinski definition) is 3. The van der Waals surface area contributed by atoms with Crippen LogP contribution in [0.1, 0.15) is 29.8 Å². The Kier molecular flexibility index (Phi) is 5.16. The average Bonchev–Trinajstić information content (AvgIpc) is 2.32. The van der Waals surface area contributed by atoms with Crippen molar-refractivity contribution in [3.05, 3.63) is 29.3 Å². The van der Waals surface area contributed by atoms with E-state index in [2.05, 4.69) is 24.1 Å². The molecule has 3 N–H and O–H groups in total. The minimum absolute atomic E-state index is 0.103. The van der Waals surface area contributed by atoms with Gasteiger partial charge in [0.05, 0.1) is 5.56 Å². The van der Waals surface area contributed by atoms with Crippen LogP contribution in [0.5, 0.6) is 0 Å². The number of amides is 1. The van der Waals surface area contributed by atoms with Crippen molar-refractivity contribution in [2.24, 2.45) is 0 Å². The number of rotatable bonds is 5. The molecule has 0 fully saturated rings. The summed E-state index contributed by atoms with van der Waals surface area (Å²) < 4.78 is 0. The van der Waals surface area contributed by atoms with Gasteiger partial charge in [-0.25, -0.2) is 0 Å². The number of aryl methyl sites for hydroxylation is 1. The van der Waals surface area contributed by atoms with Crippen LogP contribution in [0.4, 0.5) is 5.69 Å². The number of hydrogen-bond donors (Lipinski definition) is 2. The Morgan fingerprint density at radius 3 is 2.72 bits per heavy atom. The van der Waals surface area contributed by atoms with Gasteiger partial charge in [-0.15, -0.1) is 0 Å². The van der Waals surface area contributed by atoms with E-state index in [1.165, 1.54) is 0 Å². The van der Waals surface area contributed by atoms with Crippen LogP contribution in [0.2, 0.25) is 0 Å². The van der Waals surface area contributed by atoms with Gasteiger partial charge >= 0.3 is 0 Å². The zero-order valence-electron chi connectivity index (χ0n) is 11.7. The molecule has 4 heteroatoms. The van der Waals surface area contributed by atoms with E-state index in [0.29, 0.717) is 23.8 Å². The summed E-state index contributed by atoms with van der Waals surface area (Å²) in [5.74, 6) is -0.103. The molecule has 0 unspecified atom stereocenters. The van der Waals surface area contributed by atoms with Crippen molar-refractivity contribution in [3.63, 3.8) is 0 Å². The summed E-state index contributed by atoms with van der Waals surface area (Å²) in [6.45, 7) is 7.61. The van der Waals surface area contributed by atoms with Gasteiger partial charge in [0.25, 0.3) is 5.91 Å². The molecule has 18 heavy (non-hydrogen) atoms. The van der Waals surface area contributed by atoms with Crippen LogP contribution >= 0.6 is 0 Å². The predicted molar refractivity (Wildman–Crippen MR) is 75.7 cm³/mol. The monoisotopic (exact) mass is 249 g/mol. The second-order valence-electron chi connectivity index (χ2n) is 4.87. The van der Waals surface area contributed by atoms with E-state index in [-0.39, 0.29) is 5.91 Å². The second-order valence-corrected chi connectivity index (χ2v) is 4.87. The minimum Gasteiger partial charge on any atom is -0.398 e. The van der Waals surface area contributed by atoms with Crippen molar-refractivity contribution in [2.75, 3.05) is 25.9 Å². The third kappa shape index (κ3) is 3.74. The van der Waals surface area contributed by atoms with Gasteiger partial charge in [-0.05, 0) is 39.4 Å². The number of nitrogens with one attached hydrogen (secondary N) is 1. The lowest BCUT2D eigenvalue weighted by Gasteiger charge is -2.21. The Hall–Kier alpha value is -1.55. The molecule has 0 radical (unpaired) electrons. The highest BCUT2D eigenvalue weighted by atomic mass is 16.1. The molecule has 0 saturated carbocycles. The first-order valence-electron chi connectivity index (χ1n) is 6.27. The molecule has 0 aliphatic carbocycles. The number of anilines is 1. The Labute approximate surface area is 109 Å². The summed E-state index contributed by atoms with van der Waals surface area (Å²) >= 11 is 0. The lowest BCUT2D eigenvalue weighted by molar-refractivity contribution is 0.0949. The molecule has 1 aromatic rings. The summed E-state index contributed by atoms with van der Waals surface area (Å²) in [6, 6.07) is 5.98. The number of likely N-dealkylation sites (N-methyl/N-ethyl adjacent to an activating group) is 1. The molecule has 0 bridgehead atoms. The van der Waals surface area contributed by atoms with Crippen molar-refractivity contribution >= 4 is 11.6 Å². The number of carbonyl (C=O) groups excluding carboxylic acids is 1. The molecule has 1 amide bonds. The Morgan fingerprint density at radius 2 is 2.11 bits per heavy atom. The van der Waals surface area contributed by atoms with E-state index in [1.807, 2.05) is 26.1 Å². The summed E-state index contributed by atoms with van der Waals surface area (Å²) in [4.78, 5) is 14.1. The van der Waals surface area contributed by atoms with E-state index in [4.69, 9.17) is 5.73 Å². The lowest BCUT2D eigenvalue weighted by atomic mass is 10.1. The normalized spacial score (nSPS) is 11.0. The first kappa shape index (κ1) is 14.5. The van der Waals surface area contributed by atoms with Crippen molar-refractivity contribution in [1.82, 2.24) is 10.2 Å². The van der Waals surface area contributed by atoms with E-state index >= 15 is 0 Å². The highest BCUT2D eigenvalue weighted by Gasteiger charge is 2.10. The smallest absolute Gasteiger partial charge is 0.253 e. The lowest BCUT2D eigenvalue weighted by Crippen LogP contribution is -2.36. The zero-order valence-corrected chi connectivity index (χ0v) is 11.7. The summed E-state index contributed by atoms with van der Waals surface area (Å²) in [6.07, 6.45) is 0. The van der Waals surface area contributed by atoms with Crippen molar-refractivity contribution < 1.29 is 4.79 Å². The third-order valence-corrected chi connectivity index (χ3v) is 3.20. The predicted octanol–water partition coefficient (Wildman–Crippen LogP) is 1.65. The third-order valence-electron chi connectivity index (χ3n) is 3.20. The van der Waals surface area contributed by atoms with Crippen LogP contribution in [-0.4, -0.2) is 37.0 Å². The fourth-order valence-electron chi connectivity index (χ4n) is 1.58. The quantitative estimate of drug-likeness (QED) is 0.780. The second kappa shape index (κ2) is 6.40. The van der Waals surface area contributed by atoms with E-state index in [0.717, 1.165) is 12.1 Å². The highest BCUT2D eigenvalue weighted by Crippen LogP contribution is 2.15. The highest BCUT2D eigenvalue weighted by molar-refractivity contribution is 5.99. The minimum atomic E-state index is -0.103. The van der Waals surface area contributed by atoms with Gasteiger partial charge in [-0.2, -0.15) is 0 Å². The molecule has 4 nitrogen and oxygen atoms in total. The van der Waals surface area contributed by atoms with Crippen molar-refractivity contribution in [2.45, 2.75) is 26.8 Å². The van der Waals surface area contributed by atoms with Crippen molar-refractivity contribution in [1.29, 1.82) is 0 Å². The molecule has 100 valence electrons. The largest absolute Gasteiger partial charge is 0.398 e. The van der Waals surface area contributed by atoms with Gasteiger partial charge in [0.15, 0.2) is 0 Å². The van der Waals surface area contributed by atoms with Crippen LogP contribution in [0, 0.1) is 6.92 Å². The molecule has 0 heterocycles. The first-order valence-corrected chi connectivity index (χ1v) is 6.27. The number of nitrogen functional groups attached to an aromatic ring is 1. The summed E-state index contributed by atoms with van der Waals surface area (Å²) in [5, 5.41) is 2.89. The molecule has 0 spiro atoms. The Balaban J connectivity index is 2.54. The molecular weight excluding hydrogens is 226 g/mol. The van der Waals surface area contributed by atoms with Gasteiger partial charge in [-0.3, -0.25) is 4.79 Å². The van der Waals surface area contributed by atoms with Crippen LogP contribution < -0.4 is 11.1 Å². The fraction of sp³-hybridized carbons (Fsp3) is 0.500. The molecular formula is C14H23N3O. The maximum Gasteiger partial charge on any atom is 0.253 e. The molecule has 0 atom stereocenters. The van der Waals surface area contributed by atoms with Gasteiger partial charge in [-0.1, -0.05) is 12.1 Å². The Bertz CT molecular complexity index is 416. The Morgan fingerprint density at radius 1 is 1.44 bits per heavy atom. The van der Waals surface area contributed by atoms with Gasteiger partial charge < -0.3 is 16.0 Å². The number of para-hydroxylation sites is 1. The summed E-state index contributed by atoms with van der Waals surface area (Å²) in [7, 11) is 2.04. The zero-order chi connectivity index (χ0) is 13.7. The SMILES string of the molecule is Cc1cccc(C(=O)NCCN(C)C(C)C)c1N. The van der Waals surface area contributed by atoms with Gasteiger partial charge in [0.2, 0.25) is 0 Å². The van der Waals surface area contributed by atoms with E-state index in [9.17, 15) is 4.79 Å². The van der Waals surface area contributed by atoms with Crippen molar-refractivity contribution in [3.8, 4) is 0 Å². The molecule has 1 rings (SSSR count). The maximum absolute atomic E-state index is 12.0. The van der Waals surface area contributed by atoms with Crippen LogP contribution in [0.3, 0.4) is 0 Å². The topological polar surface area (TPSA) is 58.4 Å². The summed E-state index contributed by atoms with van der Waals surface area (Å²) in [5.41, 5.74) is 7.94. The van der Waals surface area contributed by atoms with E-state index in [1.54, 1.807) is 6.07 Å². The molecule has 0 saturated heterocycles. The maximum atomic E-state index is 12.0. The fourth-order valence-corrected chi connectivity index (χ4v) is 1.58. The standard InChI is InChI=1S/C14H23N3O/c1-10(2)17(4)9-8-16-14(18)12-7-5-6-11(3)13(12)15/h5-7,10H,8-9,15H2,1-4H3,(H,16,18). The van der Waals surface area contributed by atoms with E-state index < -0.39 is 0 Å². The number of nitrogens with zero attached hydrogens (tertiary/aromatic N) is 1. The first-order chi connectivity index (χ1) is 8.43. The molecule has 0 aliphatic rings. The van der Waals surface area contributed by atoms with Crippen LogP contribution in [0.25, 0.3) is 0 Å². The van der Waals surface area contributed by atoms with Crippen LogP contribution in [-0.2, 0) is 0 Å².